The fourth-order valence-corrected chi connectivity index (χ4v) is 2.99. The molecule has 5 nitrogen and oxygen atoms in total. The van der Waals surface area contributed by atoms with Gasteiger partial charge in [0.1, 0.15) is 18.1 Å². The zero-order chi connectivity index (χ0) is 22.1. The lowest BCUT2D eigenvalue weighted by molar-refractivity contribution is -0.123. The lowest BCUT2D eigenvalue weighted by Gasteiger charge is -2.14. The van der Waals surface area contributed by atoms with Gasteiger partial charge in [0.25, 0.3) is 5.91 Å². The van der Waals surface area contributed by atoms with Crippen LogP contribution in [0, 0.1) is 6.92 Å². The maximum atomic E-state index is 12.1. The predicted molar refractivity (Wildman–Crippen MR) is 124 cm³/mol. The molecule has 0 fully saturated rings. The van der Waals surface area contributed by atoms with E-state index in [4.69, 9.17) is 9.47 Å². The number of nitrogens with one attached hydrogen (secondary N) is 1. The van der Waals surface area contributed by atoms with Gasteiger partial charge < -0.3 is 9.47 Å². The minimum absolute atomic E-state index is 0.0905. The van der Waals surface area contributed by atoms with E-state index in [-0.39, 0.29) is 12.5 Å². The normalized spacial score (nSPS) is 11.0. The van der Waals surface area contributed by atoms with Crippen molar-refractivity contribution in [3.63, 3.8) is 0 Å². The lowest BCUT2D eigenvalue weighted by Crippen LogP contribution is -2.25. The number of aryl methyl sites for hydroxylation is 1. The predicted octanol–water partition coefficient (Wildman–Crippen LogP) is 5.23. The second kappa shape index (κ2) is 11.0. The smallest absolute Gasteiger partial charge is 0.277 e. The Bertz CT molecular complexity index is 1010. The van der Waals surface area contributed by atoms with Crippen molar-refractivity contribution in [2.75, 3.05) is 6.61 Å². The van der Waals surface area contributed by atoms with Crippen molar-refractivity contribution in [3.05, 3.63) is 95.1 Å². The number of benzene rings is 3. The molecule has 1 amide bonds. The minimum atomic E-state index is -0.310. The fraction of sp³-hybridized carbons (Fsp3) is 0.231. The number of hydrogen-bond acceptors (Lipinski definition) is 4. The van der Waals surface area contributed by atoms with Gasteiger partial charge in [-0.3, -0.25) is 4.79 Å². The summed E-state index contributed by atoms with van der Waals surface area (Å²) in [4.78, 5) is 12.1. The average Bonchev–Trinajstić information content (AvgIpc) is 2.77. The summed E-state index contributed by atoms with van der Waals surface area (Å²) in [5.74, 6) is 1.52. The van der Waals surface area contributed by atoms with E-state index in [0.29, 0.717) is 12.5 Å². The number of carbonyl (C=O) groups excluding carboxylic acids is 1. The summed E-state index contributed by atoms with van der Waals surface area (Å²) in [5.41, 5.74) is 6.64. The molecule has 0 spiro atoms. The molecule has 0 saturated heterocycles. The summed E-state index contributed by atoms with van der Waals surface area (Å²) in [6.07, 6.45) is 1.59. The molecule has 0 heterocycles. The molecule has 31 heavy (non-hydrogen) atoms. The van der Waals surface area contributed by atoms with Crippen LogP contribution in [0.25, 0.3) is 0 Å². The molecule has 0 aliphatic rings. The molecule has 0 aliphatic heterocycles. The van der Waals surface area contributed by atoms with E-state index in [2.05, 4.69) is 24.4 Å². The Balaban J connectivity index is 1.46. The topological polar surface area (TPSA) is 59.9 Å². The molecular weight excluding hydrogens is 388 g/mol. The Morgan fingerprint density at radius 1 is 1.00 bits per heavy atom. The maximum absolute atomic E-state index is 12.1. The SMILES string of the molecule is Cc1ccc(C(C)C)c(OCC(=O)N/N=C\c2ccc(OCc3ccccc3)cc2)c1. The maximum Gasteiger partial charge on any atom is 0.277 e. The van der Waals surface area contributed by atoms with Crippen LogP contribution in [0.3, 0.4) is 0 Å². The molecule has 3 aromatic rings. The first-order valence-electron chi connectivity index (χ1n) is 10.3. The fourth-order valence-electron chi connectivity index (χ4n) is 2.99. The average molecular weight is 417 g/mol. The number of hydrogen-bond donors (Lipinski definition) is 1. The third-order valence-electron chi connectivity index (χ3n) is 4.68. The number of hydrazone groups is 1. The third-order valence-corrected chi connectivity index (χ3v) is 4.68. The van der Waals surface area contributed by atoms with E-state index in [1.54, 1.807) is 6.21 Å². The Kier molecular flexibility index (Phi) is 7.82. The first-order chi connectivity index (χ1) is 15.0. The van der Waals surface area contributed by atoms with Gasteiger partial charge in [0, 0.05) is 0 Å². The van der Waals surface area contributed by atoms with Gasteiger partial charge in [-0.05, 0) is 65.4 Å². The molecule has 0 radical (unpaired) electrons. The lowest BCUT2D eigenvalue weighted by atomic mass is 10.0. The molecule has 160 valence electrons. The highest BCUT2D eigenvalue weighted by molar-refractivity contribution is 5.83. The first kappa shape index (κ1) is 22.1. The highest BCUT2D eigenvalue weighted by atomic mass is 16.5. The number of amides is 1. The Hall–Kier alpha value is -3.60. The van der Waals surface area contributed by atoms with Crippen LogP contribution in [-0.4, -0.2) is 18.7 Å². The van der Waals surface area contributed by atoms with E-state index in [0.717, 1.165) is 33.8 Å². The molecule has 5 heteroatoms. The van der Waals surface area contributed by atoms with Crippen LogP contribution in [0.2, 0.25) is 0 Å². The molecular formula is C26H28N2O3. The van der Waals surface area contributed by atoms with E-state index >= 15 is 0 Å². The van der Waals surface area contributed by atoms with Crippen molar-refractivity contribution in [1.82, 2.24) is 5.43 Å². The highest BCUT2D eigenvalue weighted by Gasteiger charge is 2.10. The molecule has 0 saturated carbocycles. The van der Waals surface area contributed by atoms with Crippen molar-refractivity contribution in [2.24, 2.45) is 5.10 Å². The molecule has 0 aromatic heterocycles. The van der Waals surface area contributed by atoms with E-state index in [1.165, 1.54) is 0 Å². The molecule has 0 atom stereocenters. The summed E-state index contributed by atoms with van der Waals surface area (Å²) in [6, 6.07) is 23.6. The third kappa shape index (κ3) is 7.00. The van der Waals surface area contributed by atoms with Crippen molar-refractivity contribution in [3.8, 4) is 11.5 Å². The van der Waals surface area contributed by atoms with Gasteiger partial charge in [0.2, 0.25) is 0 Å². The zero-order valence-electron chi connectivity index (χ0n) is 18.2. The highest BCUT2D eigenvalue weighted by Crippen LogP contribution is 2.27. The molecule has 0 aliphatic carbocycles. The summed E-state index contributed by atoms with van der Waals surface area (Å²) < 4.78 is 11.5. The monoisotopic (exact) mass is 416 g/mol. The standard InChI is InChI=1S/C26H28N2O3/c1-19(2)24-14-9-20(3)15-25(24)31-18-26(29)28-27-16-21-10-12-23(13-11-21)30-17-22-7-5-4-6-8-22/h4-16,19H,17-18H2,1-3H3,(H,28,29)/b27-16-. The molecule has 0 unspecified atom stereocenters. The van der Waals surface area contributed by atoms with Crippen LogP contribution in [0.5, 0.6) is 11.5 Å². The van der Waals surface area contributed by atoms with E-state index in [9.17, 15) is 4.79 Å². The number of ether oxygens (including phenoxy) is 2. The van der Waals surface area contributed by atoms with Gasteiger partial charge in [0.05, 0.1) is 6.21 Å². The Morgan fingerprint density at radius 3 is 2.45 bits per heavy atom. The van der Waals surface area contributed by atoms with Crippen LogP contribution < -0.4 is 14.9 Å². The minimum Gasteiger partial charge on any atom is -0.489 e. The molecule has 3 rings (SSSR count). The number of carbonyl (C=O) groups is 1. The van der Waals surface area contributed by atoms with Crippen LogP contribution >= 0.6 is 0 Å². The first-order valence-corrected chi connectivity index (χ1v) is 10.3. The van der Waals surface area contributed by atoms with E-state index < -0.39 is 0 Å². The zero-order valence-corrected chi connectivity index (χ0v) is 18.2. The van der Waals surface area contributed by atoms with E-state index in [1.807, 2.05) is 79.7 Å². The van der Waals surface area contributed by atoms with Crippen molar-refractivity contribution in [2.45, 2.75) is 33.3 Å². The largest absolute Gasteiger partial charge is 0.489 e. The summed E-state index contributed by atoms with van der Waals surface area (Å²) in [6.45, 7) is 6.62. The summed E-state index contributed by atoms with van der Waals surface area (Å²) >= 11 is 0. The van der Waals surface area contributed by atoms with Crippen molar-refractivity contribution in [1.29, 1.82) is 0 Å². The Labute approximate surface area is 183 Å². The quantitative estimate of drug-likeness (QED) is 0.384. The number of rotatable bonds is 9. The second-order valence-electron chi connectivity index (χ2n) is 7.62. The Morgan fingerprint density at radius 2 is 1.74 bits per heavy atom. The molecule has 3 aromatic carbocycles. The van der Waals surface area contributed by atoms with Crippen LogP contribution in [-0.2, 0) is 11.4 Å². The van der Waals surface area contributed by atoms with Gasteiger partial charge in [-0.15, -0.1) is 0 Å². The van der Waals surface area contributed by atoms with Crippen molar-refractivity contribution >= 4 is 12.1 Å². The number of nitrogens with zero attached hydrogens (tertiary/aromatic N) is 1. The van der Waals surface area contributed by atoms with Gasteiger partial charge in [-0.2, -0.15) is 5.10 Å². The van der Waals surface area contributed by atoms with Crippen molar-refractivity contribution < 1.29 is 14.3 Å². The van der Waals surface area contributed by atoms with Crippen LogP contribution in [0.15, 0.2) is 77.9 Å². The van der Waals surface area contributed by atoms with Crippen LogP contribution in [0.4, 0.5) is 0 Å². The van der Waals surface area contributed by atoms with Gasteiger partial charge in [-0.25, -0.2) is 5.43 Å². The molecule has 1 N–H and O–H groups in total. The summed E-state index contributed by atoms with van der Waals surface area (Å²) in [5, 5.41) is 4.01. The van der Waals surface area contributed by atoms with Crippen LogP contribution in [0.1, 0.15) is 42.0 Å². The molecule has 0 bridgehead atoms. The second-order valence-corrected chi connectivity index (χ2v) is 7.62. The summed E-state index contributed by atoms with van der Waals surface area (Å²) in [7, 11) is 0. The van der Waals surface area contributed by atoms with Gasteiger partial charge in [-0.1, -0.05) is 56.3 Å². The van der Waals surface area contributed by atoms with Gasteiger partial charge >= 0.3 is 0 Å². The van der Waals surface area contributed by atoms with Gasteiger partial charge in [0.15, 0.2) is 6.61 Å².